The van der Waals surface area contributed by atoms with Crippen molar-refractivity contribution in [2.75, 3.05) is 25.0 Å². The Balaban J connectivity index is 1.66. The third-order valence-corrected chi connectivity index (χ3v) is 4.74. The van der Waals surface area contributed by atoms with E-state index in [-0.39, 0.29) is 12.6 Å². The van der Waals surface area contributed by atoms with Gasteiger partial charge in [0.05, 0.1) is 0 Å². The lowest BCUT2D eigenvalue weighted by atomic mass is 9.98. The number of aliphatic hydroxyl groups is 1. The number of amides is 2. The van der Waals surface area contributed by atoms with Gasteiger partial charge in [-0.3, -0.25) is 0 Å². The highest BCUT2D eigenvalue weighted by Crippen LogP contribution is 2.23. The summed E-state index contributed by atoms with van der Waals surface area (Å²) in [6.07, 6.45) is 3.86. The van der Waals surface area contributed by atoms with Gasteiger partial charge in [-0.05, 0) is 48.9 Å². The lowest BCUT2D eigenvalue weighted by Gasteiger charge is -2.31. The van der Waals surface area contributed by atoms with Crippen molar-refractivity contribution in [1.82, 2.24) is 9.47 Å². The van der Waals surface area contributed by atoms with Crippen molar-refractivity contribution in [1.29, 1.82) is 0 Å². The molecular formula is C19H27N3O2. The molecule has 0 aliphatic carbocycles. The van der Waals surface area contributed by atoms with Crippen molar-refractivity contribution in [2.45, 2.75) is 33.2 Å². The fourth-order valence-electron chi connectivity index (χ4n) is 3.35. The number of aliphatic hydroxyl groups excluding tert-OH is 1. The Hall–Kier alpha value is -2.01. The third-order valence-electron chi connectivity index (χ3n) is 4.74. The van der Waals surface area contributed by atoms with Crippen molar-refractivity contribution >= 4 is 22.6 Å². The molecular weight excluding hydrogens is 302 g/mol. The quantitative estimate of drug-likeness (QED) is 0.901. The number of fused-ring (bicyclic) bond motifs is 1. The van der Waals surface area contributed by atoms with Crippen molar-refractivity contribution < 1.29 is 9.90 Å². The highest BCUT2D eigenvalue weighted by atomic mass is 16.3. The fourth-order valence-corrected chi connectivity index (χ4v) is 3.35. The second-order valence-electron chi connectivity index (χ2n) is 7.18. The molecule has 130 valence electrons. The molecule has 1 aliphatic heterocycles. The molecule has 2 heterocycles. The van der Waals surface area contributed by atoms with Gasteiger partial charge >= 0.3 is 6.03 Å². The second kappa shape index (κ2) is 7.26. The summed E-state index contributed by atoms with van der Waals surface area (Å²) in [6, 6.07) is 8.13. The first-order valence-electron chi connectivity index (χ1n) is 8.82. The van der Waals surface area contributed by atoms with Gasteiger partial charge in [0.1, 0.15) is 0 Å². The van der Waals surface area contributed by atoms with Gasteiger partial charge in [0.15, 0.2) is 0 Å². The Kier molecular flexibility index (Phi) is 5.09. The van der Waals surface area contributed by atoms with Crippen molar-refractivity contribution in [3.8, 4) is 0 Å². The van der Waals surface area contributed by atoms with E-state index in [9.17, 15) is 9.90 Å². The first-order valence-corrected chi connectivity index (χ1v) is 8.82. The van der Waals surface area contributed by atoms with Crippen molar-refractivity contribution in [2.24, 2.45) is 11.8 Å². The monoisotopic (exact) mass is 329 g/mol. The molecule has 1 aliphatic rings. The summed E-state index contributed by atoms with van der Waals surface area (Å²) in [4.78, 5) is 14.2. The van der Waals surface area contributed by atoms with Crippen LogP contribution in [0.1, 0.15) is 26.7 Å². The van der Waals surface area contributed by atoms with E-state index < -0.39 is 0 Å². The normalized spacial score (nSPS) is 16.1. The molecule has 0 radical (unpaired) electrons. The van der Waals surface area contributed by atoms with E-state index in [1.54, 1.807) is 0 Å². The number of urea groups is 1. The van der Waals surface area contributed by atoms with Crippen LogP contribution in [0.25, 0.3) is 10.9 Å². The van der Waals surface area contributed by atoms with Gasteiger partial charge in [-0.25, -0.2) is 4.79 Å². The molecule has 1 fully saturated rings. The predicted octanol–water partition coefficient (Wildman–Crippen LogP) is 3.53. The number of hydrogen-bond donors (Lipinski definition) is 2. The smallest absolute Gasteiger partial charge is 0.321 e. The average molecular weight is 329 g/mol. The Labute approximate surface area is 143 Å². The standard InChI is InChI=1S/C19H27N3O2/c1-14(2)12-22-10-7-16-11-17(3-4-18(16)22)20-19(24)21-8-5-15(13-23)6-9-21/h3-4,7,10-11,14-15,23H,5-6,8-9,12-13H2,1-2H3,(H,20,24). The fraction of sp³-hybridized carbons (Fsp3) is 0.526. The molecule has 0 unspecified atom stereocenters. The number of rotatable bonds is 4. The maximum atomic E-state index is 12.4. The van der Waals surface area contributed by atoms with Gasteiger partial charge in [0.2, 0.25) is 0 Å². The molecule has 1 aromatic carbocycles. The van der Waals surface area contributed by atoms with E-state index >= 15 is 0 Å². The number of aromatic nitrogens is 1. The minimum Gasteiger partial charge on any atom is -0.396 e. The minimum absolute atomic E-state index is 0.0487. The number of carbonyl (C=O) groups is 1. The number of benzene rings is 1. The van der Waals surface area contributed by atoms with Crippen LogP contribution in [0.2, 0.25) is 0 Å². The van der Waals surface area contributed by atoms with Crippen LogP contribution >= 0.6 is 0 Å². The van der Waals surface area contributed by atoms with Gasteiger partial charge in [0.25, 0.3) is 0 Å². The molecule has 24 heavy (non-hydrogen) atoms. The summed E-state index contributed by atoms with van der Waals surface area (Å²) in [5.74, 6) is 0.938. The maximum Gasteiger partial charge on any atom is 0.321 e. The zero-order chi connectivity index (χ0) is 17.1. The van der Waals surface area contributed by atoms with E-state index in [0.717, 1.165) is 30.5 Å². The second-order valence-corrected chi connectivity index (χ2v) is 7.18. The lowest BCUT2D eigenvalue weighted by Crippen LogP contribution is -2.41. The molecule has 0 spiro atoms. The molecule has 3 rings (SSSR count). The van der Waals surface area contributed by atoms with Gasteiger partial charge in [-0.2, -0.15) is 0 Å². The molecule has 2 aromatic rings. The third kappa shape index (κ3) is 3.73. The lowest BCUT2D eigenvalue weighted by molar-refractivity contribution is 0.143. The van der Waals surface area contributed by atoms with Gasteiger partial charge < -0.3 is 19.9 Å². The average Bonchev–Trinajstić information content (AvgIpc) is 2.96. The highest BCUT2D eigenvalue weighted by Gasteiger charge is 2.22. The van der Waals surface area contributed by atoms with E-state index in [1.165, 1.54) is 5.52 Å². The Morgan fingerprint density at radius 3 is 2.71 bits per heavy atom. The predicted molar refractivity (Wildman–Crippen MR) is 97.2 cm³/mol. The molecule has 0 bridgehead atoms. The number of hydrogen-bond acceptors (Lipinski definition) is 2. The van der Waals surface area contributed by atoms with Crippen LogP contribution in [0.4, 0.5) is 10.5 Å². The molecule has 5 nitrogen and oxygen atoms in total. The van der Waals surface area contributed by atoms with E-state index in [0.29, 0.717) is 24.9 Å². The van der Waals surface area contributed by atoms with Crippen molar-refractivity contribution in [3.63, 3.8) is 0 Å². The van der Waals surface area contributed by atoms with Crippen molar-refractivity contribution in [3.05, 3.63) is 30.5 Å². The number of nitrogens with zero attached hydrogens (tertiary/aromatic N) is 2. The minimum atomic E-state index is -0.0487. The first-order chi connectivity index (χ1) is 11.6. The van der Waals surface area contributed by atoms with Crippen LogP contribution in [0.5, 0.6) is 0 Å². The van der Waals surface area contributed by atoms with Crippen LogP contribution < -0.4 is 5.32 Å². The number of anilines is 1. The molecule has 2 N–H and O–H groups in total. The summed E-state index contributed by atoms with van der Waals surface area (Å²) in [6.45, 7) is 7.06. The van der Waals surface area contributed by atoms with Gasteiger partial charge in [-0.1, -0.05) is 13.8 Å². The highest BCUT2D eigenvalue weighted by molar-refractivity contribution is 5.93. The first kappa shape index (κ1) is 16.8. The Bertz CT molecular complexity index is 700. The SMILES string of the molecule is CC(C)Cn1ccc2cc(NC(=O)N3CCC(CO)CC3)ccc21. The molecule has 1 aromatic heterocycles. The molecule has 0 atom stereocenters. The largest absolute Gasteiger partial charge is 0.396 e. The molecule has 2 amide bonds. The number of nitrogens with one attached hydrogen (secondary N) is 1. The number of piperidine rings is 1. The summed E-state index contributed by atoms with van der Waals surface area (Å²) >= 11 is 0. The summed E-state index contributed by atoms with van der Waals surface area (Å²) in [7, 11) is 0. The van der Waals surface area contributed by atoms with Gasteiger partial charge in [0, 0.05) is 49.0 Å². The van der Waals surface area contributed by atoms with Crippen LogP contribution in [-0.2, 0) is 6.54 Å². The summed E-state index contributed by atoms with van der Waals surface area (Å²) in [5.41, 5.74) is 2.03. The zero-order valence-electron chi connectivity index (χ0n) is 14.5. The number of carbonyl (C=O) groups excluding carboxylic acids is 1. The molecule has 5 heteroatoms. The maximum absolute atomic E-state index is 12.4. The van der Waals surface area contributed by atoms with Crippen LogP contribution in [0.3, 0.4) is 0 Å². The van der Waals surface area contributed by atoms with E-state index in [2.05, 4.69) is 42.1 Å². The summed E-state index contributed by atoms with van der Waals surface area (Å²) < 4.78 is 2.26. The Morgan fingerprint density at radius 1 is 1.29 bits per heavy atom. The van der Waals surface area contributed by atoms with Crippen LogP contribution in [-0.4, -0.2) is 40.3 Å². The van der Waals surface area contributed by atoms with Crippen LogP contribution in [0.15, 0.2) is 30.5 Å². The Morgan fingerprint density at radius 2 is 2.04 bits per heavy atom. The zero-order valence-corrected chi connectivity index (χ0v) is 14.5. The van der Waals surface area contributed by atoms with E-state index in [1.807, 2.05) is 17.0 Å². The van der Waals surface area contributed by atoms with Crippen LogP contribution in [0, 0.1) is 11.8 Å². The molecule has 0 saturated carbocycles. The molecule has 1 saturated heterocycles. The topological polar surface area (TPSA) is 57.5 Å². The number of likely N-dealkylation sites (tertiary alicyclic amines) is 1. The van der Waals surface area contributed by atoms with Gasteiger partial charge in [-0.15, -0.1) is 0 Å². The summed E-state index contributed by atoms with van der Waals surface area (Å²) in [5, 5.41) is 13.3. The van der Waals surface area contributed by atoms with E-state index in [4.69, 9.17) is 0 Å².